The van der Waals surface area contributed by atoms with Gasteiger partial charge in [-0.2, -0.15) is 0 Å². The van der Waals surface area contributed by atoms with Crippen LogP contribution < -0.4 is 4.74 Å². The van der Waals surface area contributed by atoms with E-state index in [1.54, 1.807) is 0 Å². The molecule has 2 heterocycles. The number of aliphatic hydroxyl groups excluding tert-OH is 1. The molecule has 0 bridgehead atoms. The van der Waals surface area contributed by atoms with Crippen molar-refractivity contribution in [1.29, 1.82) is 0 Å². The summed E-state index contributed by atoms with van der Waals surface area (Å²) in [6, 6.07) is 9.98. The van der Waals surface area contributed by atoms with E-state index in [0.717, 1.165) is 28.3 Å². The minimum atomic E-state index is 0.143. The van der Waals surface area contributed by atoms with Crippen molar-refractivity contribution in [2.45, 2.75) is 33.4 Å². The van der Waals surface area contributed by atoms with Crippen LogP contribution in [-0.4, -0.2) is 26.2 Å². The molecular weight excluding hydrogens is 290 g/mol. The van der Waals surface area contributed by atoms with E-state index >= 15 is 0 Å². The monoisotopic (exact) mass is 311 g/mol. The lowest BCUT2D eigenvalue weighted by Gasteiger charge is -2.09. The van der Waals surface area contributed by atoms with Crippen molar-refractivity contribution < 1.29 is 9.84 Å². The van der Waals surface area contributed by atoms with Crippen LogP contribution in [0.2, 0.25) is 0 Å². The first-order valence-corrected chi connectivity index (χ1v) is 7.79. The highest BCUT2D eigenvalue weighted by atomic mass is 16.5. The molecule has 0 fully saturated rings. The average Bonchev–Trinajstić information content (AvgIpc) is 2.89. The molecule has 1 aromatic carbocycles. The van der Waals surface area contributed by atoms with Crippen molar-refractivity contribution in [3.8, 4) is 5.75 Å². The van der Waals surface area contributed by atoms with Gasteiger partial charge in [0.15, 0.2) is 5.65 Å². The van der Waals surface area contributed by atoms with Crippen LogP contribution in [0.25, 0.3) is 11.2 Å². The molecule has 0 saturated heterocycles. The van der Waals surface area contributed by atoms with E-state index in [2.05, 4.69) is 9.97 Å². The summed E-state index contributed by atoms with van der Waals surface area (Å²) in [5, 5.41) is 9.12. The Labute approximate surface area is 135 Å². The molecule has 0 saturated carbocycles. The van der Waals surface area contributed by atoms with E-state index in [-0.39, 0.29) is 6.61 Å². The quantitative estimate of drug-likeness (QED) is 0.760. The average molecular weight is 311 g/mol. The normalized spacial score (nSPS) is 11.1. The van der Waals surface area contributed by atoms with E-state index < -0.39 is 0 Å². The number of pyridine rings is 1. The van der Waals surface area contributed by atoms with Gasteiger partial charge in [0, 0.05) is 19.3 Å². The summed E-state index contributed by atoms with van der Waals surface area (Å²) in [5.74, 6) is 1.65. The van der Waals surface area contributed by atoms with Gasteiger partial charge < -0.3 is 14.4 Å². The maximum absolute atomic E-state index is 9.12. The Kier molecular flexibility index (Phi) is 4.57. The molecule has 3 aromatic rings. The second-order valence-electron chi connectivity index (χ2n) is 5.71. The van der Waals surface area contributed by atoms with Gasteiger partial charge >= 0.3 is 0 Å². The van der Waals surface area contributed by atoms with Crippen molar-refractivity contribution in [2.24, 2.45) is 0 Å². The lowest BCUT2D eigenvalue weighted by Crippen LogP contribution is -2.09. The zero-order valence-corrected chi connectivity index (χ0v) is 13.5. The summed E-state index contributed by atoms with van der Waals surface area (Å²) in [5.41, 5.74) is 3.99. The van der Waals surface area contributed by atoms with Crippen LogP contribution in [0.3, 0.4) is 0 Å². The highest BCUT2D eigenvalue weighted by Crippen LogP contribution is 2.18. The van der Waals surface area contributed by atoms with Crippen molar-refractivity contribution >= 4 is 11.2 Å². The Bertz CT molecular complexity index is 794. The van der Waals surface area contributed by atoms with E-state index in [9.17, 15) is 0 Å². The number of hydrogen-bond acceptors (Lipinski definition) is 4. The minimum absolute atomic E-state index is 0.143. The second kappa shape index (κ2) is 6.79. The second-order valence-corrected chi connectivity index (χ2v) is 5.71. The van der Waals surface area contributed by atoms with E-state index in [0.29, 0.717) is 19.6 Å². The van der Waals surface area contributed by atoms with Gasteiger partial charge in [-0.3, -0.25) is 0 Å². The number of benzene rings is 1. The number of imidazole rings is 1. The lowest BCUT2D eigenvalue weighted by molar-refractivity contribution is 0.269. The predicted molar refractivity (Wildman–Crippen MR) is 89.5 cm³/mol. The van der Waals surface area contributed by atoms with Crippen LogP contribution in [-0.2, 0) is 13.2 Å². The van der Waals surface area contributed by atoms with Crippen molar-refractivity contribution in [2.75, 3.05) is 6.61 Å². The molecule has 0 aliphatic carbocycles. The number of fused-ring (bicyclic) bond motifs is 1. The zero-order chi connectivity index (χ0) is 16.2. The first-order chi connectivity index (χ1) is 11.2. The molecule has 0 amide bonds. The largest absolute Gasteiger partial charge is 0.486 e. The van der Waals surface area contributed by atoms with Crippen LogP contribution in [0.15, 0.2) is 36.5 Å². The first kappa shape index (κ1) is 15.5. The molecule has 0 atom stereocenters. The number of hydrogen-bond donors (Lipinski definition) is 1. The Balaban J connectivity index is 1.87. The summed E-state index contributed by atoms with van der Waals surface area (Å²) < 4.78 is 7.88. The Hall–Kier alpha value is -2.40. The molecule has 2 aromatic heterocycles. The zero-order valence-electron chi connectivity index (χ0n) is 13.5. The molecule has 5 nitrogen and oxygen atoms in total. The molecule has 3 rings (SSSR count). The van der Waals surface area contributed by atoms with Gasteiger partial charge in [-0.05, 0) is 44.0 Å². The van der Waals surface area contributed by atoms with Crippen molar-refractivity contribution in [3.05, 3.63) is 53.5 Å². The maximum atomic E-state index is 9.12. The molecule has 5 heteroatoms. The van der Waals surface area contributed by atoms with Gasteiger partial charge in [0.1, 0.15) is 23.7 Å². The lowest BCUT2D eigenvalue weighted by atomic mass is 10.2. The van der Waals surface area contributed by atoms with Gasteiger partial charge in [0.25, 0.3) is 0 Å². The Morgan fingerprint density at radius 2 is 1.91 bits per heavy atom. The smallest absolute Gasteiger partial charge is 0.160 e. The van der Waals surface area contributed by atoms with E-state index in [1.165, 1.54) is 5.56 Å². The van der Waals surface area contributed by atoms with Gasteiger partial charge in [0.2, 0.25) is 0 Å². The van der Waals surface area contributed by atoms with Crippen LogP contribution in [0.4, 0.5) is 0 Å². The van der Waals surface area contributed by atoms with Gasteiger partial charge in [-0.25, -0.2) is 9.97 Å². The van der Waals surface area contributed by atoms with Crippen LogP contribution in [0.1, 0.15) is 23.4 Å². The molecule has 0 aliphatic heterocycles. The molecule has 0 unspecified atom stereocenters. The van der Waals surface area contributed by atoms with Crippen LogP contribution >= 0.6 is 0 Å². The summed E-state index contributed by atoms with van der Waals surface area (Å²) in [6.45, 7) is 5.25. The highest BCUT2D eigenvalue weighted by Gasteiger charge is 2.12. The Morgan fingerprint density at radius 3 is 2.65 bits per heavy atom. The number of rotatable bonds is 6. The molecule has 120 valence electrons. The third-order valence-electron chi connectivity index (χ3n) is 3.73. The molecule has 0 spiro atoms. The fourth-order valence-electron chi connectivity index (χ4n) is 2.51. The number of aliphatic hydroxyl groups is 1. The fourth-order valence-corrected chi connectivity index (χ4v) is 2.51. The molecule has 0 aliphatic rings. The number of nitrogens with zero attached hydrogens (tertiary/aromatic N) is 3. The predicted octanol–water partition coefficient (Wildman–Crippen LogP) is 3.01. The number of aromatic nitrogens is 3. The third-order valence-corrected chi connectivity index (χ3v) is 3.73. The summed E-state index contributed by atoms with van der Waals surface area (Å²) >= 11 is 0. The van der Waals surface area contributed by atoms with E-state index in [1.807, 2.05) is 54.9 Å². The summed E-state index contributed by atoms with van der Waals surface area (Å²) in [4.78, 5) is 9.14. The van der Waals surface area contributed by atoms with Gasteiger partial charge in [-0.1, -0.05) is 17.7 Å². The highest BCUT2D eigenvalue weighted by molar-refractivity contribution is 5.72. The van der Waals surface area contributed by atoms with Crippen molar-refractivity contribution in [3.63, 3.8) is 0 Å². The number of ether oxygens (including phenoxy) is 1. The first-order valence-electron chi connectivity index (χ1n) is 7.79. The summed E-state index contributed by atoms with van der Waals surface area (Å²) in [7, 11) is 0. The maximum Gasteiger partial charge on any atom is 0.160 e. The van der Waals surface area contributed by atoms with Gasteiger partial charge in [-0.15, -0.1) is 0 Å². The van der Waals surface area contributed by atoms with Crippen LogP contribution in [0.5, 0.6) is 5.75 Å². The molecule has 0 radical (unpaired) electrons. The number of aryl methyl sites for hydroxylation is 3. The summed E-state index contributed by atoms with van der Waals surface area (Å²) in [6.07, 6.45) is 2.50. The van der Waals surface area contributed by atoms with E-state index in [4.69, 9.17) is 9.84 Å². The van der Waals surface area contributed by atoms with Gasteiger partial charge in [0.05, 0.1) is 0 Å². The topological polar surface area (TPSA) is 60.2 Å². The minimum Gasteiger partial charge on any atom is -0.486 e. The van der Waals surface area contributed by atoms with Crippen molar-refractivity contribution in [1.82, 2.24) is 14.5 Å². The fraction of sp³-hybridized carbons (Fsp3) is 0.333. The Morgan fingerprint density at radius 1 is 1.13 bits per heavy atom. The molecule has 23 heavy (non-hydrogen) atoms. The third kappa shape index (κ3) is 3.51. The molecule has 1 N–H and O–H groups in total. The van der Waals surface area contributed by atoms with Crippen LogP contribution in [0, 0.1) is 13.8 Å². The SMILES string of the molecule is Cc1ccc(OCc2nc3cc(C)cnc3n2CCCO)cc1. The standard InChI is InChI=1S/C18H21N3O2/c1-13-4-6-15(7-5-13)23-12-17-20-16-10-14(2)11-19-18(16)21(17)8-3-9-22/h4-7,10-11,22H,3,8-9,12H2,1-2H3. The molecular formula is C18H21N3O2.